The summed E-state index contributed by atoms with van der Waals surface area (Å²) in [6.45, 7) is 15.7. The van der Waals surface area contributed by atoms with Crippen LogP contribution in [0.15, 0.2) is 0 Å². The molecular weight excluding hydrogens is 182 g/mol. The minimum Gasteiger partial charge on any atom is -0.294 e. The molecular formula is C14H27N. The highest BCUT2D eigenvalue weighted by atomic mass is 15.3. The fourth-order valence-electron chi connectivity index (χ4n) is 3.07. The molecule has 2 aliphatic rings. The average Bonchev–Trinajstić information content (AvgIpc) is 2.55. The molecule has 1 aliphatic heterocycles. The van der Waals surface area contributed by atoms with Crippen molar-refractivity contribution in [1.82, 2.24) is 4.90 Å². The van der Waals surface area contributed by atoms with E-state index in [0.29, 0.717) is 11.0 Å². The number of hydrogen-bond acceptors (Lipinski definition) is 1. The first kappa shape index (κ1) is 11.4. The number of nitrogens with zero attached hydrogens (tertiary/aromatic N) is 1. The first-order valence-electron chi connectivity index (χ1n) is 6.41. The molecule has 0 amide bonds. The van der Waals surface area contributed by atoms with Gasteiger partial charge in [0.1, 0.15) is 0 Å². The highest BCUT2D eigenvalue weighted by Gasteiger charge is 2.56. The summed E-state index contributed by atoms with van der Waals surface area (Å²) in [7, 11) is 0. The first-order valence-corrected chi connectivity index (χ1v) is 6.41. The topological polar surface area (TPSA) is 3.24 Å². The van der Waals surface area contributed by atoms with Crippen LogP contribution in [0.3, 0.4) is 0 Å². The zero-order valence-corrected chi connectivity index (χ0v) is 11.4. The van der Waals surface area contributed by atoms with Crippen molar-refractivity contribution in [3.63, 3.8) is 0 Å². The third kappa shape index (κ3) is 2.08. The van der Waals surface area contributed by atoms with Crippen LogP contribution in [0.4, 0.5) is 0 Å². The lowest BCUT2D eigenvalue weighted by atomic mass is 9.82. The summed E-state index contributed by atoms with van der Waals surface area (Å²) in [5.41, 5.74) is 1.49. The molecule has 1 saturated carbocycles. The SMILES string of the molecule is CC(C)(C)[C@@H]1CC2(CC2)CN1C(C)(C)C. The van der Waals surface area contributed by atoms with E-state index in [1.54, 1.807) is 0 Å². The van der Waals surface area contributed by atoms with Crippen molar-refractivity contribution in [2.24, 2.45) is 10.8 Å². The summed E-state index contributed by atoms with van der Waals surface area (Å²) in [6.07, 6.45) is 4.39. The van der Waals surface area contributed by atoms with E-state index in [1.807, 2.05) is 0 Å². The summed E-state index contributed by atoms with van der Waals surface area (Å²) >= 11 is 0. The molecule has 1 heteroatoms. The molecule has 1 nitrogen and oxygen atoms in total. The van der Waals surface area contributed by atoms with Crippen molar-refractivity contribution in [1.29, 1.82) is 0 Å². The Morgan fingerprint density at radius 3 is 1.80 bits per heavy atom. The van der Waals surface area contributed by atoms with E-state index in [9.17, 15) is 0 Å². The molecule has 1 spiro atoms. The van der Waals surface area contributed by atoms with Crippen LogP contribution in [0.2, 0.25) is 0 Å². The molecule has 2 rings (SSSR count). The van der Waals surface area contributed by atoms with Crippen LogP contribution in [-0.2, 0) is 0 Å². The highest BCUT2D eigenvalue weighted by Crippen LogP contribution is 2.58. The van der Waals surface area contributed by atoms with E-state index in [4.69, 9.17) is 0 Å². The van der Waals surface area contributed by atoms with Gasteiger partial charge in [0.05, 0.1) is 0 Å². The third-order valence-electron chi connectivity index (χ3n) is 4.33. The molecule has 0 N–H and O–H groups in total. The molecule has 1 saturated heterocycles. The Kier molecular flexibility index (Phi) is 2.29. The van der Waals surface area contributed by atoms with Crippen molar-refractivity contribution in [2.75, 3.05) is 6.54 Å². The van der Waals surface area contributed by atoms with Crippen LogP contribution in [0.25, 0.3) is 0 Å². The van der Waals surface area contributed by atoms with Crippen molar-refractivity contribution in [3.8, 4) is 0 Å². The maximum absolute atomic E-state index is 2.76. The lowest BCUT2D eigenvalue weighted by Crippen LogP contribution is -2.49. The molecule has 2 fully saturated rings. The van der Waals surface area contributed by atoms with Gasteiger partial charge in [-0.25, -0.2) is 0 Å². The smallest absolute Gasteiger partial charge is 0.0155 e. The van der Waals surface area contributed by atoms with Crippen LogP contribution in [0, 0.1) is 10.8 Å². The van der Waals surface area contributed by atoms with Gasteiger partial charge in [0.15, 0.2) is 0 Å². The predicted octanol–water partition coefficient (Wildman–Crippen LogP) is 3.69. The Bertz CT molecular complexity index is 225. The van der Waals surface area contributed by atoms with Gasteiger partial charge >= 0.3 is 0 Å². The molecule has 0 unspecified atom stereocenters. The third-order valence-corrected chi connectivity index (χ3v) is 4.33. The molecule has 0 aromatic heterocycles. The van der Waals surface area contributed by atoms with Gasteiger partial charge in [0.25, 0.3) is 0 Å². The second-order valence-corrected chi connectivity index (χ2v) is 7.88. The van der Waals surface area contributed by atoms with E-state index in [0.717, 1.165) is 11.5 Å². The lowest BCUT2D eigenvalue weighted by molar-refractivity contribution is 0.0572. The van der Waals surface area contributed by atoms with E-state index < -0.39 is 0 Å². The maximum atomic E-state index is 2.76. The largest absolute Gasteiger partial charge is 0.294 e. The molecule has 1 atom stereocenters. The van der Waals surface area contributed by atoms with Gasteiger partial charge in [-0.3, -0.25) is 4.90 Å². The van der Waals surface area contributed by atoms with Crippen molar-refractivity contribution < 1.29 is 0 Å². The second kappa shape index (κ2) is 3.00. The number of rotatable bonds is 0. The van der Waals surface area contributed by atoms with Crippen LogP contribution in [0.1, 0.15) is 60.8 Å². The van der Waals surface area contributed by atoms with Gasteiger partial charge in [-0.05, 0) is 50.9 Å². The maximum Gasteiger partial charge on any atom is 0.0155 e. The quantitative estimate of drug-likeness (QED) is 0.588. The Balaban J connectivity index is 2.21. The summed E-state index contributed by atoms with van der Waals surface area (Å²) in [5, 5.41) is 0. The molecule has 0 bridgehead atoms. The van der Waals surface area contributed by atoms with Crippen molar-refractivity contribution in [2.45, 2.75) is 72.4 Å². The zero-order chi connectivity index (χ0) is 11.5. The highest BCUT2D eigenvalue weighted by molar-refractivity contribution is 5.09. The van der Waals surface area contributed by atoms with Crippen LogP contribution in [-0.4, -0.2) is 23.0 Å². The van der Waals surface area contributed by atoms with Gasteiger partial charge in [-0.1, -0.05) is 20.8 Å². The number of likely N-dealkylation sites (tertiary alicyclic amines) is 1. The minimum absolute atomic E-state index is 0.337. The summed E-state index contributed by atoms with van der Waals surface area (Å²) < 4.78 is 0. The van der Waals surface area contributed by atoms with Crippen molar-refractivity contribution in [3.05, 3.63) is 0 Å². The Hall–Kier alpha value is -0.0400. The van der Waals surface area contributed by atoms with Gasteiger partial charge in [0, 0.05) is 18.1 Å². The Morgan fingerprint density at radius 1 is 1.00 bits per heavy atom. The molecule has 1 heterocycles. The Labute approximate surface area is 95.2 Å². The van der Waals surface area contributed by atoms with E-state index in [1.165, 1.54) is 25.8 Å². The van der Waals surface area contributed by atoms with Crippen molar-refractivity contribution >= 4 is 0 Å². The molecule has 15 heavy (non-hydrogen) atoms. The molecule has 1 aliphatic carbocycles. The van der Waals surface area contributed by atoms with Crippen LogP contribution in [0.5, 0.6) is 0 Å². The van der Waals surface area contributed by atoms with Gasteiger partial charge in [-0.15, -0.1) is 0 Å². The molecule has 0 aromatic rings. The first-order chi connectivity index (χ1) is 6.64. The second-order valence-electron chi connectivity index (χ2n) is 7.88. The summed E-state index contributed by atoms with van der Waals surface area (Å²) in [6, 6.07) is 0.778. The minimum atomic E-state index is 0.337. The average molecular weight is 209 g/mol. The Morgan fingerprint density at radius 2 is 1.53 bits per heavy atom. The summed E-state index contributed by atoms with van der Waals surface area (Å²) in [4.78, 5) is 2.76. The van der Waals surface area contributed by atoms with E-state index in [-0.39, 0.29) is 0 Å². The van der Waals surface area contributed by atoms with Gasteiger partial charge in [0.2, 0.25) is 0 Å². The number of hydrogen-bond donors (Lipinski definition) is 0. The van der Waals surface area contributed by atoms with Gasteiger partial charge in [-0.2, -0.15) is 0 Å². The fraction of sp³-hybridized carbons (Fsp3) is 1.00. The lowest BCUT2D eigenvalue weighted by Gasteiger charge is -2.43. The van der Waals surface area contributed by atoms with E-state index in [2.05, 4.69) is 46.4 Å². The zero-order valence-electron chi connectivity index (χ0n) is 11.4. The fourth-order valence-corrected chi connectivity index (χ4v) is 3.07. The summed E-state index contributed by atoms with van der Waals surface area (Å²) in [5.74, 6) is 0. The van der Waals surface area contributed by atoms with Crippen LogP contribution >= 0.6 is 0 Å². The normalized spacial score (nSPS) is 31.2. The van der Waals surface area contributed by atoms with Gasteiger partial charge < -0.3 is 0 Å². The molecule has 88 valence electrons. The monoisotopic (exact) mass is 209 g/mol. The molecule has 0 radical (unpaired) electrons. The molecule has 0 aromatic carbocycles. The predicted molar refractivity (Wildman–Crippen MR) is 66.0 cm³/mol. The van der Waals surface area contributed by atoms with E-state index >= 15 is 0 Å². The van der Waals surface area contributed by atoms with Crippen LogP contribution < -0.4 is 0 Å². The standard InChI is InChI=1S/C14H27N/c1-12(2,3)11-9-14(7-8-14)10-15(11)13(4,5)6/h11H,7-10H2,1-6H3/t11-/m0/s1.